The molecule has 7 nitrogen and oxygen atoms in total. The monoisotopic (exact) mass is 525 g/mol. The Morgan fingerprint density at radius 1 is 1.00 bits per heavy atom. The van der Waals surface area contributed by atoms with Gasteiger partial charge in [-0.1, -0.05) is 36.4 Å². The summed E-state index contributed by atoms with van der Waals surface area (Å²) in [5.41, 5.74) is 4.60. The lowest BCUT2D eigenvalue weighted by atomic mass is 10.1. The maximum Gasteiger partial charge on any atom is 0.338 e. The minimum Gasteiger partial charge on any atom is -0.459 e. The van der Waals surface area contributed by atoms with Gasteiger partial charge in [-0.05, 0) is 57.0 Å². The average molecular weight is 526 g/mol. The predicted octanol–water partition coefficient (Wildman–Crippen LogP) is 5.43. The van der Waals surface area contributed by atoms with Gasteiger partial charge in [0.05, 0.1) is 30.4 Å². The number of hydrogen-bond donors (Lipinski definition) is 1. The second-order valence-corrected chi connectivity index (χ2v) is 9.34. The van der Waals surface area contributed by atoms with Gasteiger partial charge in [-0.15, -0.1) is 12.4 Å². The molecule has 37 heavy (non-hydrogen) atoms. The van der Waals surface area contributed by atoms with E-state index in [1.54, 1.807) is 24.3 Å². The third-order valence-electron chi connectivity index (χ3n) is 6.34. The molecule has 0 saturated carbocycles. The van der Waals surface area contributed by atoms with Crippen molar-refractivity contribution in [3.05, 3.63) is 77.5 Å². The number of carbonyl (C=O) groups excluding carboxylic acids is 2. The van der Waals surface area contributed by atoms with Crippen molar-refractivity contribution in [2.24, 2.45) is 0 Å². The predicted molar refractivity (Wildman–Crippen MR) is 149 cm³/mol. The van der Waals surface area contributed by atoms with Gasteiger partial charge in [-0.3, -0.25) is 9.69 Å². The molecular formula is C29H36ClN3O4. The molecule has 0 bridgehead atoms. The van der Waals surface area contributed by atoms with E-state index in [1.807, 2.05) is 45.0 Å². The molecule has 1 saturated heterocycles. The fourth-order valence-electron chi connectivity index (χ4n) is 4.49. The van der Waals surface area contributed by atoms with Gasteiger partial charge in [0.2, 0.25) is 0 Å². The summed E-state index contributed by atoms with van der Waals surface area (Å²) in [4.78, 5) is 28.1. The van der Waals surface area contributed by atoms with Crippen molar-refractivity contribution >= 4 is 30.0 Å². The third-order valence-corrected chi connectivity index (χ3v) is 6.34. The summed E-state index contributed by atoms with van der Waals surface area (Å²) in [6.45, 7) is 10.9. The molecule has 0 spiro atoms. The maximum atomic E-state index is 13.3. The average Bonchev–Trinajstić information content (AvgIpc) is 3.21. The topological polar surface area (TPSA) is 72.8 Å². The fraction of sp³-hybridized carbons (Fsp3) is 0.379. The van der Waals surface area contributed by atoms with Gasteiger partial charge >= 0.3 is 5.97 Å². The quantitative estimate of drug-likeness (QED) is 0.377. The molecule has 3 aromatic rings. The highest BCUT2D eigenvalue weighted by molar-refractivity contribution is 6.06. The normalized spacial score (nSPS) is 13.7. The van der Waals surface area contributed by atoms with Gasteiger partial charge in [-0.25, -0.2) is 4.79 Å². The highest BCUT2D eigenvalue weighted by atomic mass is 35.5. The molecule has 2 aromatic carbocycles. The molecule has 2 heterocycles. The van der Waals surface area contributed by atoms with E-state index in [9.17, 15) is 9.59 Å². The molecule has 1 aromatic heterocycles. The van der Waals surface area contributed by atoms with Gasteiger partial charge in [-0.2, -0.15) is 0 Å². The van der Waals surface area contributed by atoms with Crippen molar-refractivity contribution in [1.29, 1.82) is 0 Å². The van der Waals surface area contributed by atoms with E-state index < -0.39 is 5.97 Å². The standard InChI is InChI=1S/C29H35N3O4.ClH/c1-21(2)36-29(34)24-11-7-12-25(19-24)30-28(33)26-20-27(23-9-5-4-6-10-23)32(22(26)3)14-8-13-31-15-17-35-18-16-31;/h4-7,9-12,19-21H,8,13-18H2,1-3H3,(H,30,33);1H. The Hall–Kier alpha value is -3.13. The van der Waals surface area contributed by atoms with Crippen LogP contribution in [0.25, 0.3) is 11.3 Å². The van der Waals surface area contributed by atoms with E-state index in [2.05, 4.69) is 26.9 Å². The van der Waals surface area contributed by atoms with Gasteiger partial charge in [0, 0.05) is 43.3 Å². The summed E-state index contributed by atoms with van der Waals surface area (Å²) in [6, 6.07) is 19.0. The summed E-state index contributed by atoms with van der Waals surface area (Å²) in [7, 11) is 0. The van der Waals surface area contributed by atoms with Crippen molar-refractivity contribution in [3.8, 4) is 11.3 Å². The molecule has 1 fully saturated rings. The maximum absolute atomic E-state index is 13.3. The zero-order valence-electron chi connectivity index (χ0n) is 21.7. The summed E-state index contributed by atoms with van der Waals surface area (Å²) in [5, 5.41) is 2.97. The van der Waals surface area contributed by atoms with Crippen LogP contribution in [-0.4, -0.2) is 60.3 Å². The van der Waals surface area contributed by atoms with E-state index in [0.29, 0.717) is 16.8 Å². The smallest absolute Gasteiger partial charge is 0.338 e. The largest absolute Gasteiger partial charge is 0.459 e. The van der Waals surface area contributed by atoms with E-state index in [0.717, 1.165) is 62.8 Å². The van der Waals surface area contributed by atoms with Crippen molar-refractivity contribution in [3.63, 3.8) is 0 Å². The van der Waals surface area contributed by atoms with Crippen LogP contribution in [-0.2, 0) is 16.0 Å². The first-order chi connectivity index (χ1) is 17.4. The van der Waals surface area contributed by atoms with Crippen LogP contribution in [0, 0.1) is 6.92 Å². The van der Waals surface area contributed by atoms with E-state index in [-0.39, 0.29) is 24.4 Å². The second kappa shape index (κ2) is 13.4. The second-order valence-electron chi connectivity index (χ2n) is 9.34. The Kier molecular flexibility index (Phi) is 10.3. The Labute approximate surface area is 225 Å². The van der Waals surface area contributed by atoms with Crippen LogP contribution in [0.15, 0.2) is 60.7 Å². The fourth-order valence-corrected chi connectivity index (χ4v) is 4.49. The Balaban J connectivity index is 0.00000380. The number of aromatic nitrogens is 1. The molecule has 0 atom stereocenters. The molecule has 1 amide bonds. The van der Waals surface area contributed by atoms with E-state index >= 15 is 0 Å². The van der Waals surface area contributed by atoms with Crippen LogP contribution >= 0.6 is 12.4 Å². The Morgan fingerprint density at radius 2 is 1.73 bits per heavy atom. The summed E-state index contributed by atoms with van der Waals surface area (Å²) < 4.78 is 13.0. The van der Waals surface area contributed by atoms with Crippen LogP contribution in [0.2, 0.25) is 0 Å². The molecule has 0 aliphatic carbocycles. The van der Waals surface area contributed by atoms with Crippen LogP contribution in [0.3, 0.4) is 0 Å². The number of hydrogen-bond acceptors (Lipinski definition) is 5. The first kappa shape index (κ1) is 28.4. The number of carbonyl (C=O) groups is 2. The number of nitrogens with zero attached hydrogens (tertiary/aromatic N) is 2. The molecular weight excluding hydrogens is 490 g/mol. The van der Waals surface area contributed by atoms with Crippen molar-refractivity contribution < 1.29 is 19.1 Å². The van der Waals surface area contributed by atoms with Crippen molar-refractivity contribution in [1.82, 2.24) is 9.47 Å². The minimum absolute atomic E-state index is 0. The molecule has 198 valence electrons. The zero-order valence-corrected chi connectivity index (χ0v) is 22.6. The number of halogens is 1. The lowest BCUT2D eigenvalue weighted by Gasteiger charge is -2.26. The number of esters is 1. The van der Waals surface area contributed by atoms with Crippen molar-refractivity contribution in [2.75, 3.05) is 38.2 Å². The SMILES string of the molecule is Cc1c(C(=O)Nc2cccc(C(=O)OC(C)C)c2)cc(-c2ccccc2)n1CCCN1CCOCC1.Cl. The highest BCUT2D eigenvalue weighted by Gasteiger charge is 2.20. The number of morpholine rings is 1. The first-order valence-corrected chi connectivity index (χ1v) is 12.6. The van der Waals surface area contributed by atoms with E-state index in [1.165, 1.54) is 0 Å². The van der Waals surface area contributed by atoms with E-state index in [4.69, 9.17) is 9.47 Å². The molecule has 8 heteroatoms. The number of benzene rings is 2. The Morgan fingerprint density at radius 3 is 2.43 bits per heavy atom. The minimum atomic E-state index is -0.407. The lowest BCUT2D eigenvalue weighted by Crippen LogP contribution is -2.37. The number of nitrogens with one attached hydrogen (secondary N) is 1. The van der Waals surface area contributed by atoms with Crippen molar-refractivity contribution in [2.45, 2.75) is 39.8 Å². The molecule has 1 aliphatic heterocycles. The van der Waals surface area contributed by atoms with Gasteiger partial charge in [0.15, 0.2) is 0 Å². The third kappa shape index (κ3) is 7.44. The Bertz CT molecular complexity index is 1190. The lowest BCUT2D eigenvalue weighted by molar-refractivity contribution is 0.0369. The molecule has 0 radical (unpaired) electrons. The number of amides is 1. The van der Waals surface area contributed by atoms with Gasteiger partial charge < -0.3 is 19.4 Å². The zero-order chi connectivity index (χ0) is 25.5. The highest BCUT2D eigenvalue weighted by Crippen LogP contribution is 2.27. The summed E-state index contributed by atoms with van der Waals surface area (Å²) in [6.07, 6.45) is 0.772. The van der Waals surface area contributed by atoms with Gasteiger partial charge in [0.25, 0.3) is 5.91 Å². The molecule has 0 unspecified atom stereocenters. The van der Waals surface area contributed by atoms with Crippen LogP contribution in [0.4, 0.5) is 5.69 Å². The van der Waals surface area contributed by atoms with Crippen LogP contribution < -0.4 is 5.32 Å². The van der Waals surface area contributed by atoms with Crippen LogP contribution in [0.1, 0.15) is 46.7 Å². The summed E-state index contributed by atoms with van der Waals surface area (Å²) >= 11 is 0. The molecule has 4 rings (SSSR count). The number of anilines is 1. The molecule has 1 aliphatic rings. The van der Waals surface area contributed by atoms with Crippen LogP contribution in [0.5, 0.6) is 0 Å². The number of rotatable bonds is 9. The van der Waals surface area contributed by atoms with Gasteiger partial charge in [0.1, 0.15) is 0 Å². The first-order valence-electron chi connectivity index (χ1n) is 12.6. The molecule has 1 N–H and O–H groups in total. The number of ether oxygens (including phenoxy) is 2. The summed E-state index contributed by atoms with van der Waals surface area (Å²) in [5.74, 6) is -0.610.